The van der Waals surface area contributed by atoms with E-state index in [-0.39, 0.29) is 17.8 Å². The molecule has 0 radical (unpaired) electrons. The SMILES string of the molecule is CC(C)N1CCC(Oc2nnc3n2CC(c2c(O)ccc(Cl)c2Cl)C3)CC1. The Bertz CT molecular complexity index is 831. The van der Waals surface area contributed by atoms with Crippen molar-refractivity contribution in [1.29, 1.82) is 0 Å². The monoisotopic (exact) mass is 410 g/mol. The van der Waals surface area contributed by atoms with Crippen LogP contribution in [0.2, 0.25) is 10.0 Å². The fourth-order valence-electron chi connectivity index (χ4n) is 4.04. The Hall–Kier alpha value is -1.50. The van der Waals surface area contributed by atoms with Crippen molar-refractivity contribution < 1.29 is 9.84 Å². The molecule has 1 unspecified atom stereocenters. The zero-order chi connectivity index (χ0) is 19.1. The highest BCUT2D eigenvalue weighted by Gasteiger charge is 2.33. The molecule has 0 amide bonds. The molecule has 0 aliphatic carbocycles. The number of aromatic hydroxyl groups is 1. The van der Waals surface area contributed by atoms with Crippen molar-refractivity contribution in [2.45, 2.75) is 57.7 Å². The largest absolute Gasteiger partial charge is 0.508 e. The van der Waals surface area contributed by atoms with Gasteiger partial charge in [-0.1, -0.05) is 28.3 Å². The third kappa shape index (κ3) is 3.62. The molecule has 0 bridgehead atoms. The topological polar surface area (TPSA) is 63.4 Å². The molecule has 2 aromatic rings. The number of rotatable bonds is 4. The number of nitrogens with zero attached hydrogens (tertiary/aromatic N) is 4. The molecule has 1 aromatic heterocycles. The first-order valence-electron chi connectivity index (χ1n) is 9.43. The number of ether oxygens (including phenoxy) is 1. The molecule has 1 N–H and O–H groups in total. The predicted molar refractivity (Wildman–Crippen MR) is 105 cm³/mol. The van der Waals surface area contributed by atoms with Crippen molar-refractivity contribution in [1.82, 2.24) is 19.7 Å². The first-order valence-corrected chi connectivity index (χ1v) is 10.2. The molecular formula is C19H24Cl2N4O2. The predicted octanol–water partition coefficient (Wildman–Crippen LogP) is 3.88. The lowest BCUT2D eigenvalue weighted by Crippen LogP contribution is -2.42. The van der Waals surface area contributed by atoms with E-state index in [1.54, 1.807) is 12.1 Å². The van der Waals surface area contributed by atoms with Crippen molar-refractivity contribution >= 4 is 23.2 Å². The van der Waals surface area contributed by atoms with Crippen molar-refractivity contribution in [3.8, 4) is 11.8 Å². The summed E-state index contributed by atoms with van der Waals surface area (Å²) in [5, 5.41) is 19.6. The van der Waals surface area contributed by atoms with Crippen LogP contribution in [0.4, 0.5) is 0 Å². The summed E-state index contributed by atoms with van der Waals surface area (Å²) in [6.45, 7) is 7.15. The number of phenolic OH excluding ortho intramolecular Hbond substituents is 1. The van der Waals surface area contributed by atoms with Crippen molar-refractivity contribution in [2.75, 3.05) is 13.1 Å². The Morgan fingerprint density at radius 3 is 2.63 bits per heavy atom. The molecule has 4 rings (SSSR count). The number of hydrogen-bond acceptors (Lipinski definition) is 5. The second-order valence-electron chi connectivity index (χ2n) is 7.65. The molecular weight excluding hydrogens is 387 g/mol. The van der Waals surface area contributed by atoms with E-state index in [4.69, 9.17) is 27.9 Å². The van der Waals surface area contributed by atoms with E-state index < -0.39 is 0 Å². The van der Waals surface area contributed by atoms with E-state index in [0.29, 0.717) is 40.6 Å². The standard InChI is InChI=1S/C19H24Cl2N4O2/c1-11(2)24-7-5-13(6-8-24)27-19-23-22-16-9-12(10-25(16)19)17-15(26)4-3-14(20)18(17)21/h3-4,11-13,26H,5-10H2,1-2H3. The number of hydrogen-bond donors (Lipinski definition) is 1. The molecule has 2 aliphatic heterocycles. The van der Waals surface area contributed by atoms with Gasteiger partial charge in [0.2, 0.25) is 0 Å². The van der Waals surface area contributed by atoms with Crippen LogP contribution in [-0.2, 0) is 13.0 Å². The van der Waals surface area contributed by atoms with Crippen molar-refractivity contribution in [2.24, 2.45) is 0 Å². The van der Waals surface area contributed by atoms with Crippen molar-refractivity contribution in [3.63, 3.8) is 0 Å². The number of phenols is 1. The normalized spacial score (nSPS) is 21.0. The Balaban J connectivity index is 1.46. The zero-order valence-corrected chi connectivity index (χ0v) is 17.0. The number of aromatic nitrogens is 3. The highest BCUT2D eigenvalue weighted by atomic mass is 35.5. The number of fused-ring (bicyclic) bond motifs is 1. The molecule has 1 atom stereocenters. The molecule has 27 heavy (non-hydrogen) atoms. The molecule has 1 aromatic carbocycles. The summed E-state index contributed by atoms with van der Waals surface area (Å²) in [5.41, 5.74) is 0.672. The summed E-state index contributed by atoms with van der Waals surface area (Å²) < 4.78 is 8.17. The van der Waals surface area contributed by atoms with Gasteiger partial charge in [-0.2, -0.15) is 0 Å². The van der Waals surface area contributed by atoms with Crippen LogP contribution in [0.5, 0.6) is 11.8 Å². The molecule has 2 aliphatic rings. The molecule has 146 valence electrons. The van der Waals surface area contributed by atoms with Gasteiger partial charge in [-0.3, -0.25) is 4.57 Å². The van der Waals surface area contributed by atoms with Crippen LogP contribution in [0.3, 0.4) is 0 Å². The molecule has 0 spiro atoms. The summed E-state index contributed by atoms with van der Waals surface area (Å²) in [6.07, 6.45) is 2.79. The van der Waals surface area contributed by atoms with Crippen LogP contribution >= 0.6 is 23.2 Å². The van der Waals surface area contributed by atoms with Gasteiger partial charge in [-0.25, -0.2) is 0 Å². The van der Waals surface area contributed by atoms with E-state index in [1.807, 2.05) is 4.57 Å². The number of piperidine rings is 1. The van der Waals surface area contributed by atoms with Crippen LogP contribution < -0.4 is 4.74 Å². The number of benzene rings is 1. The van der Waals surface area contributed by atoms with E-state index >= 15 is 0 Å². The average Bonchev–Trinajstić information content (AvgIpc) is 3.21. The van der Waals surface area contributed by atoms with E-state index in [0.717, 1.165) is 31.8 Å². The summed E-state index contributed by atoms with van der Waals surface area (Å²) >= 11 is 12.5. The molecule has 0 saturated carbocycles. The Morgan fingerprint density at radius 1 is 1.19 bits per heavy atom. The van der Waals surface area contributed by atoms with Gasteiger partial charge < -0.3 is 14.7 Å². The van der Waals surface area contributed by atoms with Gasteiger partial charge in [0.1, 0.15) is 17.7 Å². The van der Waals surface area contributed by atoms with Crippen LogP contribution in [0.25, 0.3) is 0 Å². The van der Waals surface area contributed by atoms with E-state index in [9.17, 15) is 5.11 Å². The lowest BCUT2D eigenvalue weighted by molar-refractivity contribution is 0.0748. The summed E-state index contributed by atoms with van der Waals surface area (Å²) in [6, 6.07) is 4.32. The van der Waals surface area contributed by atoms with Crippen LogP contribution in [0.15, 0.2) is 12.1 Å². The Morgan fingerprint density at radius 2 is 1.93 bits per heavy atom. The van der Waals surface area contributed by atoms with Gasteiger partial charge >= 0.3 is 6.01 Å². The summed E-state index contributed by atoms with van der Waals surface area (Å²) in [7, 11) is 0. The van der Waals surface area contributed by atoms with Gasteiger partial charge in [0.05, 0.1) is 10.0 Å². The Labute approximate surface area is 169 Å². The van der Waals surface area contributed by atoms with Crippen LogP contribution in [-0.4, -0.2) is 50.0 Å². The maximum absolute atomic E-state index is 10.3. The van der Waals surface area contributed by atoms with Gasteiger partial charge in [0, 0.05) is 43.6 Å². The molecule has 6 nitrogen and oxygen atoms in total. The Kier molecular flexibility index (Phi) is 5.23. The van der Waals surface area contributed by atoms with Gasteiger partial charge in [-0.05, 0) is 38.8 Å². The highest BCUT2D eigenvalue weighted by Crippen LogP contribution is 2.42. The molecule has 1 fully saturated rings. The lowest BCUT2D eigenvalue weighted by Gasteiger charge is -2.34. The molecule has 1 saturated heterocycles. The van der Waals surface area contributed by atoms with E-state index in [2.05, 4.69) is 28.9 Å². The summed E-state index contributed by atoms with van der Waals surface area (Å²) in [5.74, 6) is 1.02. The van der Waals surface area contributed by atoms with Crippen molar-refractivity contribution in [3.05, 3.63) is 33.6 Å². The quantitative estimate of drug-likeness (QED) is 0.828. The maximum Gasteiger partial charge on any atom is 0.317 e. The minimum atomic E-state index is 0.00633. The van der Waals surface area contributed by atoms with E-state index in [1.165, 1.54) is 0 Å². The highest BCUT2D eigenvalue weighted by molar-refractivity contribution is 6.42. The van der Waals surface area contributed by atoms with Crippen LogP contribution in [0, 0.1) is 0 Å². The first-order chi connectivity index (χ1) is 12.9. The number of halogens is 2. The third-order valence-electron chi connectivity index (χ3n) is 5.62. The molecule has 8 heteroatoms. The van der Waals surface area contributed by atoms with Gasteiger partial charge in [-0.15, -0.1) is 5.10 Å². The summed E-state index contributed by atoms with van der Waals surface area (Å²) in [4.78, 5) is 2.47. The third-order valence-corrected chi connectivity index (χ3v) is 6.44. The maximum atomic E-state index is 10.3. The van der Waals surface area contributed by atoms with Gasteiger partial charge in [0.25, 0.3) is 0 Å². The molecule has 3 heterocycles. The average molecular weight is 411 g/mol. The smallest absolute Gasteiger partial charge is 0.317 e. The fourth-order valence-corrected chi connectivity index (χ4v) is 4.52. The second kappa shape index (κ2) is 7.49. The second-order valence-corrected chi connectivity index (χ2v) is 8.44. The minimum Gasteiger partial charge on any atom is -0.508 e. The van der Waals surface area contributed by atoms with Crippen LogP contribution in [0.1, 0.15) is 44.0 Å². The lowest BCUT2D eigenvalue weighted by atomic mass is 9.96. The van der Waals surface area contributed by atoms with Gasteiger partial charge in [0.15, 0.2) is 0 Å². The zero-order valence-electron chi connectivity index (χ0n) is 15.5. The number of likely N-dealkylation sites (tertiary alicyclic amines) is 1. The minimum absolute atomic E-state index is 0.00633. The first kappa shape index (κ1) is 18.8. The fraction of sp³-hybridized carbons (Fsp3) is 0.579.